The van der Waals surface area contributed by atoms with Gasteiger partial charge in [0, 0.05) is 19.7 Å². The van der Waals surface area contributed by atoms with Gasteiger partial charge in [-0.3, -0.25) is 4.79 Å². The minimum atomic E-state index is -0.183. The normalized spacial score (nSPS) is 11.0. The Morgan fingerprint density at radius 2 is 1.48 bits per heavy atom. The van der Waals surface area contributed by atoms with Gasteiger partial charge in [0.15, 0.2) is 0 Å². The molecule has 0 amide bonds. The Labute approximate surface area is 128 Å². The van der Waals surface area contributed by atoms with Crippen molar-refractivity contribution in [2.45, 2.75) is 26.2 Å². The molecule has 0 radical (unpaired) electrons. The highest BCUT2D eigenvalue weighted by Gasteiger charge is 2.03. The highest BCUT2D eigenvalue weighted by Crippen LogP contribution is 1.91. The SMILES string of the molecule is CCCCOCCOCCOCCN(C)CCC(=O)OC. The fraction of sp³-hybridized carbons (Fsp3) is 0.933. The average molecular weight is 305 g/mol. The van der Waals surface area contributed by atoms with Crippen molar-refractivity contribution in [2.24, 2.45) is 0 Å². The highest BCUT2D eigenvalue weighted by atomic mass is 16.5. The topological polar surface area (TPSA) is 57.2 Å². The predicted molar refractivity (Wildman–Crippen MR) is 81.5 cm³/mol. The van der Waals surface area contributed by atoms with Gasteiger partial charge in [-0.05, 0) is 13.5 Å². The molecule has 0 N–H and O–H groups in total. The lowest BCUT2D eigenvalue weighted by Gasteiger charge is -2.15. The number of hydrogen-bond donors (Lipinski definition) is 0. The lowest BCUT2D eigenvalue weighted by atomic mass is 10.4. The van der Waals surface area contributed by atoms with Crippen molar-refractivity contribution in [3.8, 4) is 0 Å². The van der Waals surface area contributed by atoms with Gasteiger partial charge in [-0.15, -0.1) is 0 Å². The average Bonchev–Trinajstić information content (AvgIpc) is 2.50. The third-order valence-electron chi connectivity index (χ3n) is 2.93. The summed E-state index contributed by atoms with van der Waals surface area (Å²) < 4.78 is 20.8. The van der Waals surface area contributed by atoms with Crippen molar-refractivity contribution in [3.05, 3.63) is 0 Å². The number of ether oxygens (including phenoxy) is 4. The summed E-state index contributed by atoms with van der Waals surface area (Å²) in [5.41, 5.74) is 0. The second-order valence-corrected chi connectivity index (χ2v) is 4.82. The van der Waals surface area contributed by atoms with E-state index in [0.29, 0.717) is 46.0 Å². The molecule has 0 aliphatic carbocycles. The maximum absolute atomic E-state index is 11.0. The van der Waals surface area contributed by atoms with Crippen LogP contribution >= 0.6 is 0 Å². The van der Waals surface area contributed by atoms with E-state index in [4.69, 9.17) is 14.2 Å². The summed E-state index contributed by atoms with van der Waals surface area (Å²) in [6, 6.07) is 0. The number of rotatable bonds is 15. The van der Waals surface area contributed by atoms with Crippen LogP contribution in [0, 0.1) is 0 Å². The van der Waals surface area contributed by atoms with Crippen LogP contribution in [0.2, 0.25) is 0 Å². The Bertz CT molecular complexity index is 238. The number of nitrogens with zero attached hydrogens (tertiary/aromatic N) is 1. The Morgan fingerprint density at radius 3 is 2.05 bits per heavy atom. The maximum Gasteiger partial charge on any atom is 0.306 e. The zero-order valence-corrected chi connectivity index (χ0v) is 13.8. The van der Waals surface area contributed by atoms with Crippen LogP contribution in [0.5, 0.6) is 0 Å². The lowest BCUT2D eigenvalue weighted by Crippen LogP contribution is -2.26. The minimum absolute atomic E-state index is 0.183. The van der Waals surface area contributed by atoms with Gasteiger partial charge in [0.1, 0.15) is 0 Å². The molecule has 6 heteroatoms. The molecule has 0 saturated heterocycles. The second kappa shape index (κ2) is 15.7. The van der Waals surface area contributed by atoms with Crippen LogP contribution in [0.3, 0.4) is 0 Å². The van der Waals surface area contributed by atoms with E-state index in [1.165, 1.54) is 7.11 Å². The summed E-state index contributed by atoms with van der Waals surface area (Å²) in [5.74, 6) is -0.183. The Balaban J connectivity index is 3.16. The van der Waals surface area contributed by atoms with Gasteiger partial charge >= 0.3 is 5.97 Å². The lowest BCUT2D eigenvalue weighted by molar-refractivity contribution is -0.140. The van der Waals surface area contributed by atoms with E-state index in [2.05, 4.69) is 11.7 Å². The molecule has 0 saturated carbocycles. The largest absolute Gasteiger partial charge is 0.469 e. The van der Waals surface area contributed by atoms with E-state index in [0.717, 1.165) is 26.0 Å². The molecule has 0 aromatic carbocycles. The van der Waals surface area contributed by atoms with Gasteiger partial charge in [-0.2, -0.15) is 0 Å². The fourth-order valence-electron chi connectivity index (χ4n) is 1.50. The first kappa shape index (κ1) is 20.3. The van der Waals surface area contributed by atoms with Crippen molar-refractivity contribution in [2.75, 3.05) is 66.9 Å². The quantitative estimate of drug-likeness (QED) is 0.336. The Hall–Kier alpha value is -0.690. The van der Waals surface area contributed by atoms with Crippen LogP contribution in [0.1, 0.15) is 26.2 Å². The molecule has 0 aromatic rings. The van der Waals surface area contributed by atoms with E-state index < -0.39 is 0 Å². The van der Waals surface area contributed by atoms with Crippen molar-refractivity contribution in [3.63, 3.8) is 0 Å². The van der Waals surface area contributed by atoms with Crippen molar-refractivity contribution >= 4 is 5.97 Å². The summed E-state index contributed by atoms with van der Waals surface area (Å²) in [7, 11) is 3.36. The molecule has 0 aromatic heterocycles. The number of likely N-dealkylation sites (N-methyl/N-ethyl adjacent to an activating group) is 1. The van der Waals surface area contributed by atoms with Crippen LogP contribution < -0.4 is 0 Å². The summed E-state index contributed by atoms with van der Waals surface area (Å²) >= 11 is 0. The van der Waals surface area contributed by atoms with Gasteiger partial charge in [0.2, 0.25) is 0 Å². The Kier molecular flexibility index (Phi) is 15.2. The molecule has 21 heavy (non-hydrogen) atoms. The molecule has 0 atom stereocenters. The number of methoxy groups -OCH3 is 1. The fourth-order valence-corrected chi connectivity index (χ4v) is 1.50. The summed E-state index contributed by atoms with van der Waals surface area (Å²) in [5, 5.41) is 0. The predicted octanol–water partition coefficient (Wildman–Crippen LogP) is 1.33. The standard InChI is InChI=1S/C15H31NO5/c1-4-5-9-19-11-13-21-14-12-20-10-8-16(2)7-6-15(17)18-3/h4-14H2,1-3H3. The third-order valence-corrected chi connectivity index (χ3v) is 2.93. The van der Waals surface area contributed by atoms with Crippen LogP contribution in [-0.2, 0) is 23.7 Å². The number of esters is 1. The van der Waals surface area contributed by atoms with Crippen molar-refractivity contribution in [1.29, 1.82) is 0 Å². The molecule has 0 aliphatic rings. The van der Waals surface area contributed by atoms with E-state index in [1.807, 2.05) is 11.9 Å². The molecular formula is C15H31NO5. The summed E-state index contributed by atoms with van der Waals surface area (Å²) in [4.78, 5) is 13.0. The van der Waals surface area contributed by atoms with Gasteiger partial charge in [-0.25, -0.2) is 0 Å². The molecule has 0 unspecified atom stereocenters. The third kappa shape index (κ3) is 15.5. The number of carbonyl (C=O) groups is 1. The number of carbonyl (C=O) groups excluding carboxylic acids is 1. The zero-order chi connectivity index (χ0) is 15.8. The van der Waals surface area contributed by atoms with Crippen LogP contribution in [0.25, 0.3) is 0 Å². The number of unbranched alkanes of at least 4 members (excludes halogenated alkanes) is 1. The smallest absolute Gasteiger partial charge is 0.306 e. The van der Waals surface area contributed by atoms with E-state index in [1.54, 1.807) is 0 Å². The van der Waals surface area contributed by atoms with Crippen LogP contribution in [0.4, 0.5) is 0 Å². The molecule has 0 spiro atoms. The van der Waals surface area contributed by atoms with Crippen LogP contribution in [0.15, 0.2) is 0 Å². The van der Waals surface area contributed by atoms with Crippen LogP contribution in [-0.4, -0.2) is 77.8 Å². The molecule has 0 heterocycles. The Morgan fingerprint density at radius 1 is 0.905 bits per heavy atom. The first-order valence-electron chi connectivity index (χ1n) is 7.69. The monoisotopic (exact) mass is 305 g/mol. The van der Waals surface area contributed by atoms with Gasteiger partial charge in [0.25, 0.3) is 0 Å². The van der Waals surface area contributed by atoms with Gasteiger partial charge < -0.3 is 23.8 Å². The van der Waals surface area contributed by atoms with Crippen molar-refractivity contribution < 1.29 is 23.7 Å². The summed E-state index contributed by atoms with van der Waals surface area (Å²) in [6.07, 6.45) is 2.67. The second-order valence-electron chi connectivity index (χ2n) is 4.82. The summed E-state index contributed by atoms with van der Waals surface area (Å²) in [6.45, 7) is 7.50. The highest BCUT2D eigenvalue weighted by molar-refractivity contribution is 5.69. The number of hydrogen-bond acceptors (Lipinski definition) is 6. The van der Waals surface area contributed by atoms with Crippen molar-refractivity contribution in [1.82, 2.24) is 4.90 Å². The maximum atomic E-state index is 11.0. The molecule has 6 nitrogen and oxygen atoms in total. The molecule has 0 aliphatic heterocycles. The molecule has 0 fully saturated rings. The molecule has 126 valence electrons. The van der Waals surface area contributed by atoms with Gasteiger partial charge in [-0.1, -0.05) is 13.3 Å². The zero-order valence-electron chi connectivity index (χ0n) is 13.8. The molecular weight excluding hydrogens is 274 g/mol. The molecule has 0 rings (SSSR count). The molecule has 0 bridgehead atoms. The first-order valence-corrected chi connectivity index (χ1v) is 7.69. The minimum Gasteiger partial charge on any atom is -0.469 e. The first-order chi connectivity index (χ1) is 10.2. The van der Waals surface area contributed by atoms with E-state index in [9.17, 15) is 4.79 Å². The van der Waals surface area contributed by atoms with E-state index >= 15 is 0 Å². The van der Waals surface area contributed by atoms with Gasteiger partial charge in [0.05, 0.1) is 46.6 Å². The van der Waals surface area contributed by atoms with E-state index in [-0.39, 0.29) is 5.97 Å².